The number of nitriles is 1. The Morgan fingerprint density at radius 1 is 0.857 bits per heavy atom. The first-order chi connectivity index (χ1) is 20.6. The number of benzene rings is 2. The number of unbranched alkanes of at least 4 members (excludes halogenated alkanes) is 9. The summed E-state index contributed by atoms with van der Waals surface area (Å²) in [6.07, 6.45) is 18.2. The van der Waals surface area contributed by atoms with E-state index in [1.54, 1.807) is 14.2 Å². The summed E-state index contributed by atoms with van der Waals surface area (Å²) in [6.45, 7) is 3.38. The van der Waals surface area contributed by atoms with Crippen LogP contribution < -0.4 is 14.2 Å². The van der Waals surface area contributed by atoms with Gasteiger partial charge in [-0.3, -0.25) is 0 Å². The van der Waals surface area contributed by atoms with E-state index in [1.807, 2.05) is 18.2 Å². The first kappa shape index (κ1) is 33.4. The Hall–Kier alpha value is -3.07. The minimum Gasteiger partial charge on any atom is -0.497 e. The molecule has 0 aromatic heterocycles. The molecule has 1 aliphatic rings. The predicted molar refractivity (Wildman–Crippen MR) is 171 cm³/mol. The number of rotatable bonds is 21. The fourth-order valence-corrected chi connectivity index (χ4v) is 6.07. The van der Waals surface area contributed by atoms with Crippen LogP contribution in [0.4, 0.5) is 0 Å². The van der Waals surface area contributed by atoms with Gasteiger partial charge in [0.1, 0.15) is 19.0 Å². The Labute approximate surface area is 254 Å². The molecule has 6 heteroatoms. The number of ether oxygens (including phenoxy) is 3. The van der Waals surface area contributed by atoms with Crippen molar-refractivity contribution in [1.82, 2.24) is 0 Å². The standard InChI is InChI=1S/C36H53N3O3/c1-4-5-6-7-8-9-10-11-12-13-23-36(29-37,31-20-22-34-35(28-31)42-26-25-41-34)24-15-17-32(39-38-2)21-19-30-16-14-18-33(27-30)40-3/h14,16,18,20,22,27-28,32H,4-13,15,17,19,21,23-26H2,1-3H3. The first-order valence-corrected chi connectivity index (χ1v) is 16.4. The molecule has 2 atom stereocenters. The molecule has 0 saturated heterocycles. The average molecular weight is 576 g/mol. The van der Waals surface area contributed by atoms with Crippen molar-refractivity contribution in [3.05, 3.63) is 53.6 Å². The van der Waals surface area contributed by atoms with Gasteiger partial charge in [0.05, 0.1) is 24.6 Å². The van der Waals surface area contributed by atoms with Gasteiger partial charge >= 0.3 is 0 Å². The maximum absolute atomic E-state index is 10.7. The molecule has 0 bridgehead atoms. The van der Waals surface area contributed by atoms with E-state index in [4.69, 9.17) is 14.2 Å². The van der Waals surface area contributed by atoms with Crippen LogP contribution in [-0.2, 0) is 11.8 Å². The second-order valence-corrected chi connectivity index (χ2v) is 11.7. The highest BCUT2D eigenvalue weighted by atomic mass is 16.6. The van der Waals surface area contributed by atoms with Gasteiger partial charge < -0.3 is 14.2 Å². The largest absolute Gasteiger partial charge is 0.497 e. The van der Waals surface area contributed by atoms with Crippen molar-refractivity contribution in [3.8, 4) is 23.3 Å². The van der Waals surface area contributed by atoms with Crippen LogP contribution in [0.25, 0.3) is 0 Å². The lowest BCUT2D eigenvalue weighted by Gasteiger charge is -2.29. The number of fused-ring (bicyclic) bond motifs is 1. The molecule has 3 rings (SSSR count). The quantitative estimate of drug-likeness (QED) is 0.110. The molecule has 0 N–H and O–H groups in total. The first-order valence-electron chi connectivity index (χ1n) is 16.4. The van der Waals surface area contributed by atoms with Gasteiger partial charge in [-0.15, -0.1) is 0 Å². The Morgan fingerprint density at radius 2 is 1.55 bits per heavy atom. The molecule has 42 heavy (non-hydrogen) atoms. The van der Waals surface area contributed by atoms with Crippen LogP contribution in [0.15, 0.2) is 52.7 Å². The van der Waals surface area contributed by atoms with Crippen molar-refractivity contribution in [3.63, 3.8) is 0 Å². The van der Waals surface area contributed by atoms with Crippen LogP contribution in [0.2, 0.25) is 0 Å². The van der Waals surface area contributed by atoms with Crippen molar-refractivity contribution in [2.75, 3.05) is 27.4 Å². The fraction of sp³-hybridized carbons (Fsp3) is 0.639. The van der Waals surface area contributed by atoms with Gasteiger partial charge in [0.2, 0.25) is 0 Å². The van der Waals surface area contributed by atoms with Gasteiger partial charge in [0.15, 0.2) is 11.5 Å². The summed E-state index contributed by atoms with van der Waals surface area (Å²) >= 11 is 0. The molecule has 2 aromatic carbocycles. The number of aryl methyl sites for hydroxylation is 1. The molecule has 230 valence electrons. The summed E-state index contributed by atoms with van der Waals surface area (Å²) in [5.41, 5.74) is 1.75. The molecule has 1 aliphatic heterocycles. The van der Waals surface area contributed by atoms with Crippen LogP contribution in [0.3, 0.4) is 0 Å². The third kappa shape index (κ3) is 11.0. The molecule has 0 amide bonds. The molecule has 6 nitrogen and oxygen atoms in total. The zero-order valence-electron chi connectivity index (χ0n) is 26.4. The highest BCUT2D eigenvalue weighted by Crippen LogP contribution is 2.40. The van der Waals surface area contributed by atoms with Gasteiger partial charge in [0, 0.05) is 7.05 Å². The van der Waals surface area contributed by atoms with E-state index in [2.05, 4.69) is 47.5 Å². The minimum atomic E-state index is -0.545. The Kier molecular flexibility index (Phi) is 15.3. The van der Waals surface area contributed by atoms with E-state index in [0.29, 0.717) is 13.2 Å². The average Bonchev–Trinajstić information content (AvgIpc) is 3.03. The fourth-order valence-electron chi connectivity index (χ4n) is 6.07. The third-order valence-corrected chi connectivity index (χ3v) is 8.59. The van der Waals surface area contributed by atoms with Gasteiger partial charge in [-0.2, -0.15) is 15.5 Å². The summed E-state index contributed by atoms with van der Waals surface area (Å²) in [5.74, 6) is 2.42. The lowest BCUT2D eigenvalue weighted by molar-refractivity contribution is 0.171. The minimum absolute atomic E-state index is 0.134. The van der Waals surface area contributed by atoms with E-state index < -0.39 is 5.41 Å². The second kappa shape index (κ2) is 19.2. The molecule has 2 unspecified atom stereocenters. The van der Waals surface area contributed by atoms with Crippen molar-refractivity contribution in [2.45, 2.75) is 121 Å². The van der Waals surface area contributed by atoms with Crippen LogP contribution in [0.1, 0.15) is 114 Å². The van der Waals surface area contributed by atoms with Crippen molar-refractivity contribution >= 4 is 0 Å². The monoisotopic (exact) mass is 575 g/mol. The van der Waals surface area contributed by atoms with E-state index in [-0.39, 0.29) is 6.04 Å². The Balaban J connectivity index is 1.59. The highest BCUT2D eigenvalue weighted by Gasteiger charge is 2.33. The Bertz CT molecular complexity index is 1110. The molecule has 2 aromatic rings. The van der Waals surface area contributed by atoms with E-state index >= 15 is 0 Å². The molecule has 1 heterocycles. The normalized spacial score (nSPS) is 14.8. The molecule has 0 radical (unpaired) electrons. The number of hydrogen-bond donors (Lipinski definition) is 0. The third-order valence-electron chi connectivity index (χ3n) is 8.59. The SMILES string of the molecule is CCCCCCCCCCCCC(C#N)(CCCC(CCc1cccc(OC)c1)N=NC)c1ccc2c(c1)OCCO2. The maximum Gasteiger partial charge on any atom is 0.161 e. The summed E-state index contributed by atoms with van der Waals surface area (Å²) in [7, 11) is 3.45. The summed E-state index contributed by atoms with van der Waals surface area (Å²) in [4.78, 5) is 0. The van der Waals surface area contributed by atoms with E-state index in [1.165, 1.54) is 63.4 Å². The number of methoxy groups -OCH3 is 1. The smallest absolute Gasteiger partial charge is 0.161 e. The van der Waals surface area contributed by atoms with Gasteiger partial charge in [0.25, 0.3) is 0 Å². The van der Waals surface area contributed by atoms with E-state index in [9.17, 15) is 5.26 Å². The van der Waals surface area contributed by atoms with Gasteiger partial charge in [-0.05, 0) is 73.9 Å². The number of hydrogen-bond acceptors (Lipinski definition) is 6. The van der Waals surface area contributed by atoms with Crippen molar-refractivity contribution < 1.29 is 14.2 Å². The summed E-state index contributed by atoms with van der Waals surface area (Å²) in [5, 5.41) is 19.4. The van der Waals surface area contributed by atoms with Crippen LogP contribution in [-0.4, -0.2) is 33.4 Å². The van der Waals surface area contributed by atoms with Crippen LogP contribution in [0, 0.1) is 11.3 Å². The summed E-state index contributed by atoms with van der Waals surface area (Å²) in [6, 6.07) is 17.3. The topological polar surface area (TPSA) is 76.2 Å². The van der Waals surface area contributed by atoms with E-state index in [0.717, 1.165) is 67.8 Å². The molecule has 0 aliphatic carbocycles. The zero-order chi connectivity index (χ0) is 29.9. The van der Waals surface area contributed by atoms with Gasteiger partial charge in [-0.25, -0.2) is 0 Å². The van der Waals surface area contributed by atoms with Crippen LogP contribution in [0.5, 0.6) is 17.2 Å². The lowest BCUT2D eigenvalue weighted by Crippen LogP contribution is -2.26. The van der Waals surface area contributed by atoms with Crippen molar-refractivity contribution in [1.29, 1.82) is 5.26 Å². The van der Waals surface area contributed by atoms with Gasteiger partial charge in [-0.1, -0.05) is 89.3 Å². The number of azo groups is 1. The predicted octanol–water partition coefficient (Wildman–Crippen LogP) is 9.79. The zero-order valence-corrected chi connectivity index (χ0v) is 26.4. The van der Waals surface area contributed by atoms with Crippen molar-refractivity contribution in [2.24, 2.45) is 10.2 Å². The molecule has 0 saturated carbocycles. The second-order valence-electron chi connectivity index (χ2n) is 11.7. The molecule has 0 spiro atoms. The molecular weight excluding hydrogens is 522 g/mol. The summed E-state index contributed by atoms with van der Waals surface area (Å²) < 4.78 is 17.1. The lowest BCUT2D eigenvalue weighted by atomic mass is 9.73. The molecule has 0 fully saturated rings. The molecular formula is C36H53N3O3. The Morgan fingerprint density at radius 3 is 2.24 bits per heavy atom. The van der Waals surface area contributed by atoms with Crippen LogP contribution >= 0.6 is 0 Å². The maximum atomic E-state index is 10.7. The highest BCUT2D eigenvalue weighted by molar-refractivity contribution is 5.47. The number of nitrogens with zero attached hydrogens (tertiary/aromatic N) is 3.